The molecule has 1 aromatic carbocycles. The normalized spacial score (nSPS) is 26.8. The Labute approximate surface area is 152 Å². The molecule has 3 atom stereocenters. The zero-order chi connectivity index (χ0) is 18.7. The number of rotatable bonds is 7. The molecule has 1 fully saturated rings. The van der Waals surface area contributed by atoms with Crippen molar-refractivity contribution in [1.82, 2.24) is 5.06 Å². The molecule has 0 amide bonds. The second-order valence-electron chi connectivity index (χ2n) is 7.84. The first-order valence-electron chi connectivity index (χ1n) is 9.43. The number of ether oxygens (including phenoxy) is 1. The van der Waals surface area contributed by atoms with Gasteiger partial charge in [0.15, 0.2) is 0 Å². The Bertz CT molecular complexity index is 554. The van der Waals surface area contributed by atoms with Crippen LogP contribution in [0, 0.1) is 5.92 Å². The molecule has 0 saturated carbocycles. The number of piperidine rings is 1. The Hall–Kier alpha value is -1.39. The van der Waals surface area contributed by atoms with Crippen molar-refractivity contribution < 1.29 is 14.4 Å². The van der Waals surface area contributed by atoms with Gasteiger partial charge in [-0.05, 0) is 39.2 Å². The maximum atomic E-state index is 11.0. The van der Waals surface area contributed by atoms with E-state index in [-0.39, 0.29) is 29.2 Å². The van der Waals surface area contributed by atoms with E-state index < -0.39 is 0 Å². The lowest BCUT2D eigenvalue weighted by atomic mass is 9.68. The predicted molar refractivity (Wildman–Crippen MR) is 99.9 cm³/mol. The molecule has 0 N–H and O–H groups in total. The summed E-state index contributed by atoms with van der Waals surface area (Å²) in [4.78, 5) is 17.6. The summed E-state index contributed by atoms with van der Waals surface area (Å²) < 4.78 is 5.46. The minimum absolute atomic E-state index is 0.0336. The molecule has 4 heteroatoms. The summed E-state index contributed by atoms with van der Waals surface area (Å²) in [7, 11) is 0. The molecule has 25 heavy (non-hydrogen) atoms. The SMILES string of the molecule is CCC1(CC)C(C)C(OC=O)CC(C)(C)N1OC(C)c1ccccc1. The average molecular weight is 347 g/mol. The lowest BCUT2D eigenvalue weighted by molar-refractivity contribution is -0.336. The summed E-state index contributed by atoms with van der Waals surface area (Å²) >= 11 is 0. The Morgan fingerprint density at radius 3 is 2.36 bits per heavy atom. The van der Waals surface area contributed by atoms with Crippen molar-refractivity contribution in [3.8, 4) is 0 Å². The van der Waals surface area contributed by atoms with Gasteiger partial charge in [0.25, 0.3) is 6.47 Å². The zero-order valence-corrected chi connectivity index (χ0v) is 16.5. The van der Waals surface area contributed by atoms with E-state index >= 15 is 0 Å². The van der Waals surface area contributed by atoms with Gasteiger partial charge < -0.3 is 4.74 Å². The van der Waals surface area contributed by atoms with Crippen molar-refractivity contribution in [3.05, 3.63) is 35.9 Å². The van der Waals surface area contributed by atoms with Crippen LogP contribution in [0.1, 0.15) is 72.5 Å². The predicted octanol–water partition coefficient (Wildman–Crippen LogP) is 4.90. The van der Waals surface area contributed by atoms with E-state index in [2.05, 4.69) is 58.7 Å². The summed E-state index contributed by atoms with van der Waals surface area (Å²) in [5.41, 5.74) is 0.770. The van der Waals surface area contributed by atoms with Crippen molar-refractivity contribution in [2.75, 3.05) is 0 Å². The lowest BCUT2D eigenvalue weighted by Gasteiger charge is -2.59. The van der Waals surface area contributed by atoms with Crippen LogP contribution in [0.3, 0.4) is 0 Å². The fourth-order valence-corrected chi connectivity index (χ4v) is 4.49. The van der Waals surface area contributed by atoms with Crippen molar-refractivity contribution in [3.63, 3.8) is 0 Å². The molecule has 0 aliphatic carbocycles. The molecule has 2 rings (SSSR count). The van der Waals surface area contributed by atoms with E-state index in [1.165, 1.54) is 5.56 Å². The van der Waals surface area contributed by atoms with E-state index in [9.17, 15) is 4.79 Å². The average Bonchev–Trinajstić information content (AvgIpc) is 2.61. The van der Waals surface area contributed by atoms with Gasteiger partial charge in [0.2, 0.25) is 0 Å². The highest BCUT2D eigenvalue weighted by molar-refractivity contribution is 5.38. The maximum absolute atomic E-state index is 11.0. The van der Waals surface area contributed by atoms with Crippen LogP contribution in [0.15, 0.2) is 30.3 Å². The first-order valence-corrected chi connectivity index (χ1v) is 9.43. The Morgan fingerprint density at radius 1 is 1.24 bits per heavy atom. The van der Waals surface area contributed by atoms with Crippen LogP contribution in [0.4, 0.5) is 0 Å². The van der Waals surface area contributed by atoms with Gasteiger partial charge >= 0.3 is 0 Å². The van der Waals surface area contributed by atoms with E-state index in [1.54, 1.807) is 0 Å². The van der Waals surface area contributed by atoms with Gasteiger partial charge in [-0.2, -0.15) is 5.06 Å². The third kappa shape index (κ3) is 3.75. The third-order valence-corrected chi connectivity index (χ3v) is 6.05. The summed E-state index contributed by atoms with van der Waals surface area (Å²) in [5, 5.41) is 2.22. The van der Waals surface area contributed by atoms with Crippen LogP contribution in [0.25, 0.3) is 0 Å². The van der Waals surface area contributed by atoms with Crippen LogP contribution in [-0.4, -0.2) is 28.7 Å². The molecule has 0 radical (unpaired) electrons. The summed E-state index contributed by atoms with van der Waals surface area (Å²) in [6, 6.07) is 10.3. The summed E-state index contributed by atoms with van der Waals surface area (Å²) in [6.07, 6.45) is 2.52. The molecular formula is C21H33NO3. The van der Waals surface area contributed by atoms with Gasteiger partial charge in [-0.25, -0.2) is 0 Å². The molecule has 140 valence electrons. The highest BCUT2D eigenvalue weighted by atomic mass is 16.7. The first-order chi connectivity index (χ1) is 11.8. The fourth-order valence-electron chi connectivity index (χ4n) is 4.49. The monoisotopic (exact) mass is 347 g/mol. The molecule has 1 aliphatic heterocycles. The molecule has 1 aliphatic rings. The van der Waals surface area contributed by atoms with Crippen molar-refractivity contribution in [2.24, 2.45) is 5.92 Å². The summed E-state index contributed by atoms with van der Waals surface area (Å²) in [6.45, 7) is 13.6. The molecule has 1 aromatic rings. The van der Waals surface area contributed by atoms with Gasteiger partial charge in [-0.1, -0.05) is 51.1 Å². The summed E-state index contributed by atoms with van der Waals surface area (Å²) in [5.74, 6) is 0.198. The second kappa shape index (κ2) is 7.88. The third-order valence-electron chi connectivity index (χ3n) is 6.05. The smallest absolute Gasteiger partial charge is 0.293 e. The van der Waals surface area contributed by atoms with Crippen LogP contribution >= 0.6 is 0 Å². The standard InChI is InChI=1S/C21H33NO3/c1-7-21(8-2)16(3)19(24-15-23)14-20(5,6)22(21)25-17(4)18-12-10-9-11-13-18/h9-13,15-17,19H,7-8,14H2,1-6H3. The lowest BCUT2D eigenvalue weighted by Crippen LogP contribution is -2.68. The van der Waals surface area contributed by atoms with Crippen molar-refractivity contribution in [1.29, 1.82) is 0 Å². The van der Waals surface area contributed by atoms with Gasteiger partial charge in [0, 0.05) is 17.9 Å². The zero-order valence-electron chi connectivity index (χ0n) is 16.5. The van der Waals surface area contributed by atoms with E-state index in [0.29, 0.717) is 6.47 Å². The molecule has 1 saturated heterocycles. The second-order valence-corrected chi connectivity index (χ2v) is 7.84. The van der Waals surface area contributed by atoms with E-state index in [4.69, 9.17) is 9.57 Å². The molecular weight excluding hydrogens is 314 g/mol. The van der Waals surface area contributed by atoms with Gasteiger partial charge in [0.05, 0.1) is 5.54 Å². The number of hydroxylamine groups is 2. The Kier molecular flexibility index (Phi) is 6.28. The quantitative estimate of drug-likeness (QED) is 0.658. The molecule has 1 heterocycles. The first kappa shape index (κ1) is 19.9. The molecule has 0 spiro atoms. The Balaban J connectivity index is 2.36. The minimum Gasteiger partial charge on any atom is -0.464 e. The van der Waals surface area contributed by atoms with Gasteiger partial charge in [0.1, 0.15) is 12.2 Å². The van der Waals surface area contributed by atoms with Gasteiger partial charge in [-0.3, -0.25) is 9.63 Å². The highest BCUT2D eigenvalue weighted by Crippen LogP contribution is 2.48. The van der Waals surface area contributed by atoms with Crippen LogP contribution in [-0.2, 0) is 14.4 Å². The number of nitrogens with zero attached hydrogens (tertiary/aromatic N) is 1. The van der Waals surface area contributed by atoms with E-state index in [1.807, 2.05) is 18.2 Å². The van der Waals surface area contributed by atoms with Crippen molar-refractivity contribution >= 4 is 6.47 Å². The molecule has 3 unspecified atom stereocenters. The number of hydrogen-bond donors (Lipinski definition) is 0. The Morgan fingerprint density at radius 2 is 1.84 bits per heavy atom. The fraction of sp³-hybridized carbons (Fsp3) is 0.667. The largest absolute Gasteiger partial charge is 0.464 e. The number of carbonyl (C=O) groups excluding carboxylic acids is 1. The van der Waals surface area contributed by atoms with Gasteiger partial charge in [-0.15, -0.1) is 0 Å². The molecule has 4 nitrogen and oxygen atoms in total. The maximum Gasteiger partial charge on any atom is 0.293 e. The highest BCUT2D eigenvalue weighted by Gasteiger charge is 2.55. The van der Waals surface area contributed by atoms with Crippen LogP contribution in [0.5, 0.6) is 0 Å². The number of benzene rings is 1. The number of carbonyl (C=O) groups is 1. The van der Waals surface area contributed by atoms with Crippen LogP contribution in [0.2, 0.25) is 0 Å². The van der Waals surface area contributed by atoms with Crippen molar-refractivity contribution in [2.45, 2.75) is 84.1 Å². The van der Waals surface area contributed by atoms with Crippen LogP contribution < -0.4 is 0 Å². The molecule has 0 bridgehead atoms. The number of hydrogen-bond acceptors (Lipinski definition) is 4. The minimum atomic E-state index is -0.227. The topological polar surface area (TPSA) is 38.8 Å². The van der Waals surface area contributed by atoms with E-state index in [0.717, 1.165) is 19.3 Å². The molecule has 0 aromatic heterocycles.